The minimum atomic E-state index is -0.446. The summed E-state index contributed by atoms with van der Waals surface area (Å²) in [6, 6.07) is 17.5. The minimum Gasteiger partial charge on any atom is -0.491 e. The van der Waals surface area contributed by atoms with Crippen molar-refractivity contribution in [2.24, 2.45) is 11.8 Å². The van der Waals surface area contributed by atoms with Gasteiger partial charge in [0.1, 0.15) is 25.2 Å². The number of nitrogens with zero attached hydrogens (tertiary/aromatic N) is 3. The number of aliphatic hydroxyl groups is 1. The van der Waals surface area contributed by atoms with Crippen LogP contribution < -0.4 is 15.8 Å². The Morgan fingerprint density at radius 2 is 1.97 bits per heavy atom. The van der Waals surface area contributed by atoms with Crippen molar-refractivity contribution in [1.29, 1.82) is 0 Å². The van der Waals surface area contributed by atoms with Crippen molar-refractivity contribution >= 4 is 17.5 Å². The SMILES string of the molecule is Nc1ncn(CC(=O)Nc2ccc(C[C@@H]3CC[C@H]([C@H](O)COc4ccccc4)C3)cc2)n1. The third-order valence-corrected chi connectivity index (χ3v) is 5.91. The van der Waals surface area contributed by atoms with Gasteiger partial charge in [0.15, 0.2) is 0 Å². The number of ether oxygens (including phenoxy) is 1. The molecule has 4 N–H and O–H groups in total. The zero-order valence-corrected chi connectivity index (χ0v) is 17.9. The van der Waals surface area contributed by atoms with Gasteiger partial charge in [0.2, 0.25) is 11.9 Å². The number of nitrogens with one attached hydrogen (secondary N) is 1. The molecule has 1 amide bonds. The summed E-state index contributed by atoms with van der Waals surface area (Å²) in [5, 5.41) is 17.3. The molecule has 3 aromatic rings. The van der Waals surface area contributed by atoms with Crippen LogP contribution in [0.2, 0.25) is 0 Å². The fourth-order valence-corrected chi connectivity index (χ4v) is 4.27. The van der Waals surface area contributed by atoms with E-state index in [1.165, 1.54) is 16.6 Å². The molecule has 1 fully saturated rings. The van der Waals surface area contributed by atoms with Gasteiger partial charge >= 0.3 is 0 Å². The van der Waals surface area contributed by atoms with E-state index in [1.807, 2.05) is 54.6 Å². The monoisotopic (exact) mass is 435 g/mol. The van der Waals surface area contributed by atoms with Crippen molar-refractivity contribution < 1.29 is 14.6 Å². The zero-order chi connectivity index (χ0) is 22.3. The Morgan fingerprint density at radius 1 is 1.19 bits per heavy atom. The molecule has 0 aliphatic heterocycles. The normalized spacial score (nSPS) is 18.9. The quantitative estimate of drug-likeness (QED) is 0.476. The molecular formula is C24H29N5O3. The lowest BCUT2D eigenvalue weighted by atomic mass is 9.95. The topological polar surface area (TPSA) is 115 Å². The zero-order valence-electron chi connectivity index (χ0n) is 17.9. The number of aliphatic hydroxyl groups excluding tert-OH is 1. The second-order valence-electron chi connectivity index (χ2n) is 8.38. The number of aromatic nitrogens is 3. The first-order chi connectivity index (χ1) is 15.5. The molecule has 1 aliphatic rings. The fraction of sp³-hybridized carbons (Fsp3) is 0.375. The van der Waals surface area contributed by atoms with Gasteiger partial charge in [0.25, 0.3) is 0 Å². The van der Waals surface area contributed by atoms with Crippen molar-refractivity contribution in [2.45, 2.75) is 38.3 Å². The lowest BCUT2D eigenvalue weighted by Gasteiger charge is -2.19. The van der Waals surface area contributed by atoms with Gasteiger partial charge in [0.05, 0.1) is 6.10 Å². The molecule has 3 atom stereocenters. The van der Waals surface area contributed by atoms with E-state index in [2.05, 4.69) is 15.4 Å². The first kappa shape index (κ1) is 21.8. The fourth-order valence-electron chi connectivity index (χ4n) is 4.27. The van der Waals surface area contributed by atoms with Crippen LogP contribution in [0, 0.1) is 11.8 Å². The third-order valence-electron chi connectivity index (χ3n) is 5.91. The van der Waals surface area contributed by atoms with Crippen LogP contribution >= 0.6 is 0 Å². The van der Waals surface area contributed by atoms with E-state index in [0.717, 1.165) is 37.1 Å². The molecule has 168 valence electrons. The van der Waals surface area contributed by atoms with E-state index in [1.54, 1.807) is 0 Å². The van der Waals surface area contributed by atoms with Crippen LogP contribution in [0.4, 0.5) is 11.6 Å². The van der Waals surface area contributed by atoms with Crippen molar-refractivity contribution in [1.82, 2.24) is 14.8 Å². The summed E-state index contributed by atoms with van der Waals surface area (Å²) >= 11 is 0. The summed E-state index contributed by atoms with van der Waals surface area (Å²) in [6.07, 6.45) is 5.07. The van der Waals surface area contributed by atoms with Crippen LogP contribution in [-0.2, 0) is 17.8 Å². The highest BCUT2D eigenvalue weighted by molar-refractivity contribution is 5.90. The van der Waals surface area contributed by atoms with Crippen LogP contribution in [0.15, 0.2) is 60.9 Å². The van der Waals surface area contributed by atoms with Gasteiger partial charge in [0, 0.05) is 5.69 Å². The summed E-state index contributed by atoms with van der Waals surface area (Å²) in [4.78, 5) is 15.9. The Kier molecular flexibility index (Phi) is 7.01. The first-order valence-electron chi connectivity index (χ1n) is 10.9. The van der Waals surface area contributed by atoms with Gasteiger partial charge in [-0.05, 0) is 67.3 Å². The maximum atomic E-state index is 12.1. The Morgan fingerprint density at radius 3 is 2.69 bits per heavy atom. The van der Waals surface area contributed by atoms with Gasteiger partial charge in [-0.3, -0.25) is 4.79 Å². The van der Waals surface area contributed by atoms with E-state index in [-0.39, 0.29) is 24.3 Å². The van der Waals surface area contributed by atoms with Crippen LogP contribution in [-0.4, -0.2) is 38.5 Å². The largest absolute Gasteiger partial charge is 0.491 e. The van der Waals surface area contributed by atoms with Crippen LogP contribution in [0.1, 0.15) is 24.8 Å². The molecule has 2 aromatic carbocycles. The van der Waals surface area contributed by atoms with E-state index in [0.29, 0.717) is 12.5 Å². The summed E-state index contributed by atoms with van der Waals surface area (Å²) in [7, 11) is 0. The molecule has 32 heavy (non-hydrogen) atoms. The number of para-hydroxylation sites is 1. The molecule has 0 radical (unpaired) electrons. The number of anilines is 2. The number of benzene rings is 2. The molecule has 1 saturated carbocycles. The average Bonchev–Trinajstić information content (AvgIpc) is 3.43. The van der Waals surface area contributed by atoms with E-state index >= 15 is 0 Å². The van der Waals surface area contributed by atoms with Crippen molar-refractivity contribution in [3.8, 4) is 5.75 Å². The molecule has 1 aromatic heterocycles. The summed E-state index contributed by atoms with van der Waals surface area (Å²) in [5.41, 5.74) is 7.43. The number of nitrogens with two attached hydrogens (primary N) is 1. The van der Waals surface area contributed by atoms with Crippen LogP contribution in [0.25, 0.3) is 0 Å². The molecule has 0 unspecified atom stereocenters. The van der Waals surface area contributed by atoms with Crippen LogP contribution in [0.5, 0.6) is 5.75 Å². The second-order valence-corrected chi connectivity index (χ2v) is 8.38. The van der Waals surface area contributed by atoms with Crippen molar-refractivity contribution in [2.75, 3.05) is 17.7 Å². The molecule has 1 heterocycles. The van der Waals surface area contributed by atoms with Gasteiger partial charge < -0.3 is 20.9 Å². The number of rotatable bonds is 9. The average molecular weight is 436 g/mol. The molecule has 8 nitrogen and oxygen atoms in total. The van der Waals surface area contributed by atoms with Gasteiger partial charge in [-0.2, -0.15) is 0 Å². The Bertz CT molecular complexity index is 1010. The highest BCUT2D eigenvalue weighted by Gasteiger charge is 2.30. The number of nitrogen functional groups attached to an aromatic ring is 1. The van der Waals surface area contributed by atoms with Crippen molar-refractivity contribution in [3.63, 3.8) is 0 Å². The molecule has 1 aliphatic carbocycles. The Labute approximate surface area is 187 Å². The summed E-state index contributed by atoms with van der Waals surface area (Å²) in [5.74, 6) is 1.57. The standard InChI is InChI=1S/C24H29N5O3/c25-24-26-16-29(28-24)14-23(31)27-20-10-7-17(8-11-20)12-18-6-9-19(13-18)22(30)15-32-21-4-2-1-3-5-21/h1-5,7-8,10-11,16,18-19,22,30H,6,9,12-15H2,(H2,25,28)(H,27,31)/t18-,19-,22+/m0/s1. The van der Waals surface area contributed by atoms with Gasteiger partial charge in [-0.1, -0.05) is 30.3 Å². The molecule has 4 rings (SSSR count). The summed E-state index contributed by atoms with van der Waals surface area (Å²) in [6.45, 7) is 0.392. The van der Waals surface area contributed by atoms with E-state index in [9.17, 15) is 9.90 Å². The van der Waals surface area contributed by atoms with E-state index in [4.69, 9.17) is 10.5 Å². The lowest BCUT2D eigenvalue weighted by Crippen LogP contribution is -2.25. The number of hydrogen-bond acceptors (Lipinski definition) is 6. The predicted molar refractivity (Wildman–Crippen MR) is 122 cm³/mol. The highest BCUT2D eigenvalue weighted by atomic mass is 16.5. The second kappa shape index (κ2) is 10.3. The summed E-state index contributed by atoms with van der Waals surface area (Å²) < 4.78 is 7.12. The Hall–Kier alpha value is -3.39. The molecule has 0 spiro atoms. The number of carbonyl (C=O) groups is 1. The van der Waals surface area contributed by atoms with E-state index < -0.39 is 6.10 Å². The maximum absolute atomic E-state index is 12.1. The molecule has 8 heteroatoms. The predicted octanol–water partition coefficient (Wildman–Crippen LogP) is 2.90. The van der Waals surface area contributed by atoms with Gasteiger partial charge in [-0.25, -0.2) is 9.67 Å². The highest BCUT2D eigenvalue weighted by Crippen LogP contribution is 2.35. The van der Waals surface area contributed by atoms with Crippen molar-refractivity contribution in [3.05, 3.63) is 66.5 Å². The lowest BCUT2D eigenvalue weighted by molar-refractivity contribution is -0.116. The minimum absolute atomic E-state index is 0.0612. The number of amides is 1. The molecule has 0 bridgehead atoms. The van der Waals surface area contributed by atoms with Crippen LogP contribution in [0.3, 0.4) is 0 Å². The number of hydrogen-bond donors (Lipinski definition) is 3. The number of carbonyl (C=O) groups excluding carboxylic acids is 1. The first-order valence-corrected chi connectivity index (χ1v) is 10.9. The Balaban J connectivity index is 1.21. The molecular weight excluding hydrogens is 406 g/mol. The smallest absolute Gasteiger partial charge is 0.246 e. The third kappa shape index (κ3) is 6.07. The molecule has 0 saturated heterocycles. The van der Waals surface area contributed by atoms with Gasteiger partial charge in [-0.15, -0.1) is 5.10 Å². The maximum Gasteiger partial charge on any atom is 0.246 e.